The molecule has 0 saturated carbocycles. The van der Waals surface area contributed by atoms with Crippen molar-refractivity contribution >= 4 is 41.7 Å². The molecule has 23 heavy (non-hydrogen) atoms. The predicted molar refractivity (Wildman–Crippen MR) is 109 cm³/mol. The summed E-state index contributed by atoms with van der Waals surface area (Å²) in [7, 11) is 0. The second-order valence-electron chi connectivity index (χ2n) is 6.15. The van der Waals surface area contributed by atoms with Gasteiger partial charge in [0, 0.05) is 30.8 Å². The van der Waals surface area contributed by atoms with Crippen LogP contribution in [0, 0.1) is 0 Å². The lowest BCUT2D eigenvalue weighted by molar-refractivity contribution is 0.508. The fourth-order valence-corrected chi connectivity index (χ4v) is 2.56. The third-order valence-corrected chi connectivity index (χ3v) is 5.14. The first-order valence-electron chi connectivity index (χ1n) is 8.04. The number of rotatable bonds is 6. The van der Waals surface area contributed by atoms with Crippen LogP contribution in [0.25, 0.3) is 0 Å². The number of halogens is 1. The number of thioether (sulfide) groups is 1. The van der Waals surface area contributed by atoms with Gasteiger partial charge >= 0.3 is 0 Å². The van der Waals surface area contributed by atoms with Crippen molar-refractivity contribution in [1.82, 2.24) is 25.4 Å². The van der Waals surface area contributed by atoms with Crippen LogP contribution in [0.4, 0.5) is 0 Å². The van der Waals surface area contributed by atoms with Gasteiger partial charge in [0.25, 0.3) is 0 Å². The zero-order valence-corrected chi connectivity index (χ0v) is 17.7. The number of aryl methyl sites for hydroxylation is 1. The Morgan fingerprint density at radius 2 is 2.09 bits per heavy atom. The molecule has 0 radical (unpaired) electrons. The first-order chi connectivity index (χ1) is 10.6. The molecule has 8 heteroatoms. The van der Waals surface area contributed by atoms with E-state index in [1.54, 1.807) is 0 Å². The largest absolute Gasteiger partial charge is 0.357 e. The highest BCUT2D eigenvalue weighted by Gasteiger charge is 2.17. The average Bonchev–Trinajstić information content (AvgIpc) is 2.93. The van der Waals surface area contributed by atoms with Crippen molar-refractivity contribution in [2.45, 2.75) is 57.9 Å². The van der Waals surface area contributed by atoms with E-state index in [1.807, 2.05) is 11.8 Å². The van der Waals surface area contributed by atoms with Crippen LogP contribution in [0.5, 0.6) is 0 Å². The van der Waals surface area contributed by atoms with Gasteiger partial charge in [-0.3, -0.25) is 0 Å². The molecule has 0 aliphatic carbocycles. The number of aliphatic imine (C=N–C) groups is 1. The Balaban J connectivity index is 0.00000264. The lowest BCUT2D eigenvalue weighted by Crippen LogP contribution is -2.43. The smallest absolute Gasteiger partial charge is 0.191 e. The molecule has 2 N–H and O–H groups in total. The van der Waals surface area contributed by atoms with Crippen LogP contribution >= 0.6 is 35.7 Å². The van der Waals surface area contributed by atoms with E-state index in [0.717, 1.165) is 43.7 Å². The summed E-state index contributed by atoms with van der Waals surface area (Å²) in [5.74, 6) is 2.92. The number of hydrogen-bond acceptors (Lipinski definition) is 4. The number of fused-ring (bicyclic) bond motifs is 1. The zero-order chi connectivity index (χ0) is 16.0. The highest BCUT2D eigenvalue weighted by Crippen LogP contribution is 2.19. The molecule has 1 aromatic rings. The van der Waals surface area contributed by atoms with Gasteiger partial charge < -0.3 is 15.2 Å². The lowest BCUT2D eigenvalue weighted by atomic mass is 10.2. The minimum absolute atomic E-state index is 0. The van der Waals surface area contributed by atoms with Crippen LogP contribution in [0.2, 0.25) is 0 Å². The Labute approximate surface area is 160 Å². The van der Waals surface area contributed by atoms with Gasteiger partial charge in [-0.05, 0) is 39.9 Å². The Morgan fingerprint density at radius 1 is 1.30 bits per heavy atom. The van der Waals surface area contributed by atoms with Crippen molar-refractivity contribution in [1.29, 1.82) is 0 Å². The summed E-state index contributed by atoms with van der Waals surface area (Å²) in [6, 6.07) is 0. The third kappa shape index (κ3) is 6.13. The fraction of sp³-hybridized carbons (Fsp3) is 0.800. The summed E-state index contributed by atoms with van der Waals surface area (Å²) in [6.45, 7) is 9.85. The molecule has 1 aliphatic heterocycles. The second-order valence-corrected chi connectivity index (χ2v) is 7.67. The van der Waals surface area contributed by atoms with Crippen molar-refractivity contribution in [2.24, 2.45) is 4.99 Å². The van der Waals surface area contributed by atoms with E-state index in [-0.39, 0.29) is 28.7 Å². The second kappa shape index (κ2) is 9.71. The van der Waals surface area contributed by atoms with Gasteiger partial charge in [0.1, 0.15) is 12.4 Å². The van der Waals surface area contributed by atoms with Crippen LogP contribution in [0.15, 0.2) is 4.99 Å². The van der Waals surface area contributed by atoms with Gasteiger partial charge in [-0.2, -0.15) is 11.8 Å². The van der Waals surface area contributed by atoms with Crippen LogP contribution in [0.1, 0.15) is 45.3 Å². The highest BCUT2D eigenvalue weighted by molar-refractivity contribution is 14.0. The molecule has 1 aliphatic rings. The highest BCUT2D eigenvalue weighted by atomic mass is 127. The molecule has 0 amide bonds. The van der Waals surface area contributed by atoms with Crippen molar-refractivity contribution in [3.8, 4) is 0 Å². The summed E-state index contributed by atoms with van der Waals surface area (Å²) in [5, 5.41) is 15.3. The van der Waals surface area contributed by atoms with Crippen molar-refractivity contribution in [3.05, 3.63) is 11.6 Å². The molecular weight excluding hydrogens is 423 g/mol. The van der Waals surface area contributed by atoms with Gasteiger partial charge in [-0.15, -0.1) is 34.2 Å². The Bertz CT molecular complexity index is 514. The number of nitrogens with zero attached hydrogens (tertiary/aromatic N) is 4. The zero-order valence-electron chi connectivity index (χ0n) is 14.6. The predicted octanol–water partition coefficient (Wildman–Crippen LogP) is 2.43. The maximum Gasteiger partial charge on any atom is 0.191 e. The summed E-state index contributed by atoms with van der Waals surface area (Å²) in [5.41, 5.74) is 0. The van der Waals surface area contributed by atoms with Crippen molar-refractivity contribution < 1.29 is 0 Å². The van der Waals surface area contributed by atoms with Gasteiger partial charge in [0.05, 0.1) is 0 Å². The molecule has 6 nitrogen and oxygen atoms in total. The summed E-state index contributed by atoms with van der Waals surface area (Å²) in [4.78, 5) is 4.66. The molecule has 1 aromatic heterocycles. The Kier molecular flexibility index (Phi) is 8.66. The van der Waals surface area contributed by atoms with Crippen LogP contribution < -0.4 is 10.6 Å². The van der Waals surface area contributed by atoms with Gasteiger partial charge in [0.2, 0.25) is 0 Å². The maximum absolute atomic E-state index is 4.66. The molecule has 2 rings (SSSR count). The molecule has 0 bridgehead atoms. The summed E-state index contributed by atoms with van der Waals surface area (Å²) in [6.07, 6.45) is 5.60. The molecule has 0 saturated heterocycles. The molecule has 0 fully saturated rings. The molecule has 0 spiro atoms. The maximum atomic E-state index is 4.66. The lowest BCUT2D eigenvalue weighted by Gasteiger charge is -2.23. The molecule has 0 aromatic carbocycles. The topological polar surface area (TPSA) is 67.1 Å². The van der Waals surface area contributed by atoms with E-state index >= 15 is 0 Å². The minimum atomic E-state index is 0. The van der Waals surface area contributed by atoms with Gasteiger partial charge in [0.15, 0.2) is 11.8 Å². The van der Waals surface area contributed by atoms with Crippen molar-refractivity contribution in [3.63, 3.8) is 0 Å². The quantitative estimate of drug-likeness (QED) is 0.394. The molecule has 0 atom stereocenters. The van der Waals surface area contributed by atoms with E-state index in [0.29, 0.717) is 6.54 Å². The third-order valence-electron chi connectivity index (χ3n) is 3.89. The number of hydrogen-bond donors (Lipinski definition) is 2. The molecule has 132 valence electrons. The minimum Gasteiger partial charge on any atom is -0.357 e. The fourth-order valence-electron chi connectivity index (χ4n) is 2.35. The van der Waals surface area contributed by atoms with Gasteiger partial charge in [-0.1, -0.05) is 0 Å². The number of aromatic nitrogens is 3. The molecule has 0 unspecified atom stereocenters. The van der Waals surface area contributed by atoms with Crippen molar-refractivity contribution in [2.75, 3.05) is 19.3 Å². The van der Waals surface area contributed by atoms with E-state index in [9.17, 15) is 0 Å². The monoisotopic (exact) mass is 452 g/mol. The number of nitrogens with one attached hydrogen (secondary N) is 2. The summed E-state index contributed by atoms with van der Waals surface area (Å²) >= 11 is 1.85. The van der Waals surface area contributed by atoms with Crippen LogP contribution in [-0.2, 0) is 19.5 Å². The van der Waals surface area contributed by atoms with E-state index in [4.69, 9.17) is 0 Å². The number of guanidine groups is 1. The Hall–Kier alpha value is -0.510. The normalized spacial score (nSPS) is 14.9. The molecule has 2 heterocycles. The average molecular weight is 452 g/mol. The van der Waals surface area contributed by atoms with Crippen LogP contribution in [-0.4, -0.2) is 44.8 Å². The van der Waals surface area contributed by atoms with Crippen LogP contribution in [0.3, 0.4) is 0 Å². The van der Waals surface area contributed by atoms with E-state index in [2.05, 4.69) is 57.4 Å². The van der Waals surface area contributed by atoms with E-state index < -0.39 is 0 Å². The SMILES string of the molecule is CCNC(=NCc1nnc2n1CCCC2)NCC(C)(C)SC.I. The first kappa shape index (κ1) is 20.5. The van der Waals surface area contributed by atoms with Gasteiger partial charge in [-0.25, -0.2) is 4.99 Å². The standard InChI is InChI=1S/C15H28N6S.HI/c1-5-16-14(18-11-15(2,3)22-4)17-10-13-20-19-12-8-6-7-9-21(12)13;/h5-11H2,1-4H3,(H2,16,17,18);1H. The summed E-state index contributed by atoms with van der Waals surface area (Å²) < 4.78 is 2.41. The molecular formula is C15H29IN6S. The van der Waals surface area contributed by atoms with E-state index in [1.165, 1.54) is 12.8 Å². The first-order valence-corrected chi connectivity index (χ1v) is 9.26. The Morgan fingerprint density at radius 3 is 2.78 bits per heavy atom.